The number of fused-ring (bicyclic) bond motifs is 6. The fourth-order valence-electron chi connectivity index (χ4n) is 8.63. The van der Waals surface area contributed by atoms with Crippen molar-refractivity contribution in [1.82, 2.24) is 9.55 Å². The second kappa shape index (κ2) is 14.9. The Morgan fingerprint density at radius 3 is 1.36 bits per heavy atom. The van der Waals surface area contributed by atoms with Gasteiger partial charge in [0.05, 0.1) is 16.6 Å². The van der Waals surface area contributed by atoms with Gasteiger partial charge in [-0.15, -0.1) is 0 Å². The predicted molar refractivity (Wildman–Crippen MR) is 249 cm³/mol. The van der Waals surface area contributed by atoms with E-state index in [1.165, 1.54) is 88.2 Å². The minimum atomic E-state index is 1.13. The average molecular weight is 743 g/mol. The number of rotatable bonds is 6. The number of nitrogens with zero attached hydrogens (tertiary/aromatic N) is 1. The van der Waals surface area contributed by atoms with Crippen LogP contribution in [0.25, 0.3) is 105 Å². The van der Waals surface area contributed by atoms with Crippen LogP contribution in [-0.2, 0) is 0 Å². The third-order valence-corrected chi connectivity index (χ3v) is 11.3. The second-order valence-electron chi connectivity index (χ2n) is 14.6. The summed E-state index contributed by atoms with van der Waals surface area (Å²) >= 11 is 0. The summed E-state index contributed by atoms with van der Waals surface area (Å²) in [6.07, 6.45) is 0. The number of benzene rings is 9. The Bertz CT molecular complexity index is 3200. The minimum Gasteiger partial charge on any atom is -0.354 e. The standard InChI is InChI=1S/C54H36N2.C2H6/c1-6-16-36(17-7-1)42-32-45(38-20-10-3-11-21-38)53-49(34-42)47-30-40(26-28-51(47)55-53)41-27-29-52-48(31-41)50-35-43(37-18-8-2-9-19-37)33-46(39-22-12-4-13-23-39)54(50)56(52)44-24-14-5-15-25-44;1-2/h1-35,55H;1-2H3. The second-order valence-corrected chi connectivity index (χ2v) is 14.6. The molecule has 0 fully saturated rings. The molecule has 0 spiro atoms. The summed E-state index contributed by atoms with van der Waals surface area (Å²) in [5.41, 5.74) is 17.9. The van der Waals surface area contributed by atoms with Crippen LogP contribution < -0.4 is 0 Å². The zero-order valence-electron chi connectivity index (χ0n) is 32.7. The summed E-state index contributed by atoms with van der Waals surface area (Å²) in [7, 11) is 0. The molecule has 58 heavy (non-hydrogen) atoms. The Morgan fingerprint density at radius 1 is 0.328 bits per heavy atom. The highest BCUT2D eigenvalue weighted by molar-refractivity contribution is 6.17. The van der Waals surface area contributed by atoms with Crippen LogP contribution in [0.4, 0.5) is 0 Å². The van der Waals surface area contributed by atoms with E-state index >= 15 is 0 Å². The highest BCUT2D eigenvalue weighted by atomic mass is 15.0. The van der Waals surface area contributed by atoms with Crippen LogP contribution in [0.15, 0.2) is 212 Å². The smallest absolute Gasteiger partial charge is 0.0619 e. The maximum Gasteiger partial charge on any atom is 0.0619 e. The fraction of sp³-hybridized carbons (Fsp3) is 0.0357. The molecule has 0 aliphatic carbocycles. The molecule has 0 amide bonds. The first-order valence-electron chi connectivity index (χ1n) is 20.3. The van der Waals surface area contributed by atoms with E-state index in [2.05, 4.69) is 222 Å². The molecule has 11 aromatic rings. The van der Waals surface area contributed by atoms with Gasteiger partial charge in [-0.3, -0.25) is 0 Å². The molecule has 2 heterocycles. The zero-order valence-corrected chi connectivity index (χ0v) is 32.7. The van der Waals surface area contributed by atoms with Crippen LogP contribution in [0.2, 0.25) is 0 Å². The van der Waals surface area contributed by atoms with Crippen molar-refractivity contribution >= 4 is 43.6 Å². The van der Waals surface area contributed by atoms with Gasteiger partial charge >= 0.3 is 0 Å². The molecule has 0 unspecified atom stereocenters. The minimum absolute atomic E-state index is 1.13. The molecule has 2 nitrogen and oxygen atoms in total. The van der Waals surface area contributed by atoms with Crippen molar-refractivity contribution in [2.45, 2.75) is 13.8 Å². The van der Waals surface area contributed by atoms with Gasteiger partial charge in [-0.05, 0) is 105 Å². The summed E-state index contributed by atoms with van der Waals surface area (Å²) < 4.78 is 2.45. The Labute approximate surface area is 339 Å². The van der Waals surface area contributed by atoms with Crippen molar-refractivity contribution in [1.29, 1.82) is 0 Å². The predicted octanol–water partition coefficient (Wildman–Crippen LogP) is 15.8. The largest absolute Gasteiger partial charge is 0.354 e. The molecule has 0 saturated heterocycles. The van der Waals surface area contributed by atoms with E-state index in [0.29, 0.717) is 0 Å². The Kier molecular flexibility index (Phi) is 9.01. The lowest BCUT2D eigenvalue weighted by atomic mass is 9.94. The molecule has 276 valence electrons. The van der Waals surface area contributed by atoms with Crippen molar-refractivity contribution in [2.24, 2.45) is 0 Å². The van der Waals surface area contributed by atoms with Crippen LogP contribution in [-0.4, -0.2) is 9.55 Å². The summed E-state index contributed by atoms with van der Waals surface area (Å²) in [6, 6.07) is 77.1. The number of hydrogen-bond donors (Lipinski definition) is 1. The van der Waals surface area contributed by atoms with Crippen LogP contribution >= 0.6 is 0 Å². The van der Waals surface area contributed by atoms with Gasteiger partial charge in [-0.1, -0.05) is 166 Å². The number of hydrogen-bond acceptors (Lipinski definition) is 0. The molecular weight excluding hydrogens is 701 g/mol. The van der Waals surface area contributed by atoms with E-state index in [4.69, 9.17) is 0 Å². The molecule has 11 rings (SSSR count). The lowest BCUT2D eigenvalue weighted by molar-refractivity contribution is 1.18. The van der Waals surface area contributed by atoms with E-state index in [0.717, 1.165) is 16.7 Å². The van der Waals surface area contributed by atoms with Gasteiger partial charge < -0.3 is 9.55 Å². The van der Waals surface area contributed by atoms with Gasteiger partial charge in [0.1, 0.15) is 0 Å². The third kappa shape index (κ3) is 6.07. The molecule has 0 aliphatic rings. The third-order valence-electron chi connectivity index (χ3n) is 11.3. The highest BCUT2D eigenvalue weighted by Gasteiger charge is 2.20. The Balaban J connectivity index is 0.00000201. The van der Waals surface area contributed by atoms with Crippen LogP contribution in [0.1, 0.15) is 13.8 Å². The highest BCUT2D eigenvalue weighted by Crippen LogP contribution is 2.43. The summed E-state index contributed by atoms with van der Waals surface area (Å²) in [6.45, 7) is 4.00. The van der Waals surface area contributed by atoms with Gasteiger partial charge in [0, 0.05) is 43.9 Å². The molecule has 0 bridgehead atoms. The zero-order chi connectivity index (χ0) is 39.0. The van der Waals surface area contributed by atoms with Gasteiger partial charge in [0.25, 0.3) is 0 Å². The first kappa shape index (κ1) is 35.0. The Hall–Kier alpha value is -7.42. The molecule has 1 N–H and O–H groups in total. The van der Waals surface area contributed by atoms with Crippen LogP contribution in [0, 0.1) is 0 Å². The number of nitrogens with one attached hydrogen (secondary N) is 1. The number of aromatic nitrogens is 2. The SMILES string of the molecule is CC.c1ccc(-c2cc(-c3ccccc3)c3[nH]c4ccc(-c5ccc6c(c5)c5cc(-c7ccccc7)cc(-c7ccccc7)c5n6-c5ccccc5)cc4c3c2)cc1. The van der Waals surface area contributed by atoms with Gasteiger partial charge in [0.2, 0.25) is 0 Å². The maximum absolute atomic E-state index is 3.82. The van der Waals surface area contributed by atoms with E-state index in [1.807, 2.05) is 13.8 Å². The molecule has 2 heteroatoms. The van der Waals surface area contributed by atoms with Crippen LogP contribution in [0.3, 0.4) is 0 Å². The van der Waals surface area contributed by atoms with Crippen molar-refractivity contribution in [3.05, 3.63) is 212 Å². The van der Waals surface area contributed by atoms with Crippen LogP contribution in [0.5, 0.6) is 0 Å². The summed E-state index contributed by atoms with van der Waals surface area (Å²) in [4.78, 5) is 3.82. The quantitative estimate of drug-likeness (QED) is 0.175. The van der Waals surface area contributed by atoms with Crippen molar-refractivity contribution in [3.8, 4) is 61.3 Å². The van der Waals surface area contributed by atoms with Crippen molar-refractivity contribution in [2.75, 3.05) is 0 Å². The molecule has 2 aromatic heterocycles. The topological polar surface area (TPSA) is 20.7 Å². The molecule has 0 atom stereocenters. The van der Waals surface area contributed by atoms with Crippen molar-refractivity contribution < 1.29 is 0 Å². The normalized spacial score (nSPS) is 11.3. The average Bonchev–Trinajstić information content (AvgIpc) is 3.85. The van der Waals surface area contributed by atoms with Gasteiger partial charge in [-0.25, -0.2) is 0 Å². The fourth-order valence-corrected chi connectivity index (χ4v) is 8.63. The lowest BCUT2D eigenvalue weighted by Gasteiger charge is -2.13. The lowest BCUT2D eigenvalue weighted by Crippen LogP contribution is -1.95. The molecule has 0 saturated carbocycles. The Morgan fingerprint density at radius 2 is 0.776 bits per heavy atom. The molecule has 0 aliphatic heterocycles. The summed E-state index contributed by atoms with van der Waals surface area (Å²) in [5.74, 6) is 0. The van der Waals surface area contributed by atoms with E-state index in [9.17, 15) is 0 Å². The molecule has 9 aromatic carbocycles. The number of aromatic amines is 1. The van der Waals surface area contributed by atoms with E-state index in [-0.39, 0.29) is 0 Å². The maximum atomic E-state index is 3.82. The number of H-pyrrole nitrogens is 1. The van der Waals surface area contributed by atoms with Gasteiger partial charge in [-0.2, -0.15) is 0 Å². The van der Waals surface area contributed by atoms with Gasteiger partial charge in [0.15, 0.2) is 0 Å². The van der Waals surface area contributed by atoms with E-state index < -0.39 is 0 Å². The number of para-hydroxylation sites is 1. The first-order valence-corrected chi connectivity index (χ1v) is 20.3. The monoisotopic (exact) mass is 742 g/mol. The van der Waals surface area contributed by atoms with Crippen molar-refractivity contribution in [3.63, 3.8) is 0 Å². The molecular formula is C56H42N2. The summed E-state index contributed by atoms with van der Waals surface area (Å²) in [5, 5.41) is 4.91. The molecule has 0 radical (unpaired) electrons. The first-order chi connectivity index (χ1) is 28.8. The van der Waals surface area contributed by atoms with E-state index in [1.54, 1.807) is 0 Å².